The Labute approximate surface area is 129 Å². The van der Waals surface area contributed by atoms with Crippen LogP contribution in [0.4, 0.5) is 0 Å². The number of carbonyl (C=O) groups excluding carboxylic acids is 2. The maximum Gasteiger partial charge on any atom is 0.256 e. The summed E-state index contributed by atoms with van der Waals surface area (Å²) in [5.41, 5.74) is 1.80. The molecule has 1 fully saturated rings. The van der Waals surface area contributed by atoms with Crippen LogP contribution in [-0.4, -0.2) is 58.5 Å². The van der Waals surface area contributed by atoms with Crippen molar-refractivity contribution in [1.29, 1.82) is 0 Å². The molecular weight excluding hydrogens is 282 g/mol. The first kappa shape index (κ1) is 15.2. The third kappa shape index (κ3) is 2.27. The molecule has 0 bridgehead atoms. The minimum Gasteiger partial charge on any atom is -0.388 e. The highest BCUT2D eigenvalue weighted by molar-refractivity contribution is 6.00. The molecule has 0 saturated carbocycles. The zero-order valence-corrected chi connectivity index (χ0v) is 13.1. The Kier molecular flexibility index (Phi) is 3.82. The summed E-state index contributed by atoms with van der Waals surface area (Å²) < 4.78 is 0. The number of hydrogen-bond acceptors (Lipinski definition) is 4. The quantitative estimate of drug-likeness (QED) is 0.715. The molecule has 0 spiro atoms. The van der Waals surface area contributed by atoms with E-state index in [2.05, 4.69) is 10.3 Å². The summed E-state index contributed by atoms with van der Waals surface area (Å²) in [6.45, 7) is 5.83. The first-order valence-corrected chi connectivity index (χ1v) is 7.88. The van der Waals surface area contributed by atoms with Crippen LogP contribution in [-0.2, 0) is 6.42 Å². The fraction of sp³-hybridized carbons (Fsp3) is 0.625. The number of aromatic nitrogens is 1. The highest BCUT2D eigenvalue weighted by atomic mass is 16.3. The normalized spacial score (nSPS) is 22.3. The Morgan fingerprint density at radius 1 is 1.36 bits per heavy atom. The number of amides is 1. The van der Waals surface area contributed by atoms with Crippen molar-refractivity contribution in [2.75, 3.05) is 19.6 Å². The zero-order chi connectivity index (χ0) is 15.9. The lowest BCUT2D eigenvalue weighted by molar-refractivity contribution is -0.0543. The van der Waals surface area contributed by atoms with Crippen LogP contribution in [0, 0.1) is 6.92 Å². The molecule has 120 valence electrons. The highest BCUT2D eigenvalue weighted by Gasteiger charge is 2.42. The molecule has 3 rings (SSSR count). The summed E-state index contributed by atoms with van der Waals surface area (Å²) in [7, 11) is 0. The average Bonchev–Trinajstić information content (AvgIpc) is 2.85. The molecule has 1 aromatic heterocycles. The van der Waals surface area contributed by atoms with Gasteiger partial charge in [-0.3, -0.25) is 9.59 Å². The van der Waals surface area contributed by atoms with Crippen molar-refractivity contribution in [3.05, 3.63) is 22.5 Å². The number of nitrogens with one attached hydrogen (secondary N) is 2. The van der Waals surface area contributed by atoms with Crippen LogP contribution in [0.25, 0.3) is 0 Å². The van der Waals surface area contributed by atoms with E-state index in [1.807, 2.05) is 6.92 Å². The van der Waals surface area contributed by atoms with Gasteiger partial charge in [0.15, 0.2) is 6.29 Å². The predicted molar refractivity (Wildman–Crippen MR) is 82.2 cm³/mol. The predicted octanol–water partition coefficient (Wildman–Crippen LogP) is 0.637. The van der Waals surface area contributed by atoms with Gasteiger partial charge in [0.1, 0.15) is 0 Å². The van der Waals surface area contributed by atoms with E-state index in [9.17, 15) is 14.7 Å². The standard InChI is InChI=1S/C16H23N3O3/c1-10-13(9-20)18-12-3-8-19(15(21)14(10)12)11(2)16(22)4-6-17-7-5-16/h9,11,17-18,22H,3-8H2,1-2H3. The molecule has 6 heteroatoms. The molecule has 1 saturated heterocycles. The van der Waals surface area contributed by atoms with E-state index in [1.165, 1.54) is 0 Å². The van der Waals surface area contributed by atoms with Crippen LogP contribution in [0.3, 0.4) is 0 Å². The van der Waals surface area contributed by atoms with Gasteiger partial charge >= 0.3 is 0 Å². The summed E-state index contributed by atoms with van der Waals surface area (Å²) in [4.78, 5) is 28.7. The van der Waals surface area contributed by atoms with Crippen molar-refractivity contribution in [1.82, 2.24) is 15.2 Å². The first-order valence-electron chi connectivity index (χ1n) is 7.88. The molecule has 22 heavy (non-hydrogen) atoms. The SMILES string of the molecule is Cc1c(C=O)[nH]c2c1C(=O)N(C(C)C1(O)CCNCC1)CC2. The van der Waals surface area contributed by atoms with Gasteiger partial charge in [0.05, 0.1) is 22.9 Å². The van der Waals surface area contributed by atoms with Gasteiger partial charge in [0, 0.05) is 18.7 Å². The second kappa shape index (κ2) is 5.52. The number of hydrogen-bond donors (Lipinski definition) is 3. The monoisotopic (exact) mass is 305 g/mol. The van der Waals surface area contributed by atoms with Crippen molar-refractivity contribution in [3.63, 3.8) is 0 Å². The molecule has 1 aromatic rings. The number of rotatable bonds is 3. The number of aldehydes is 1. The van der Waals surface area contributed by atoms with Crippen molar-refractivity contribution in [2.45, 2.75) is 44.8 Å². The van der Waals surface area contributed by atoms with Crippen LogP contribution in [0.2, 0.25) is 0 Å². The van der Waals surface area contributed by atoms with Crippen LogP contribution in [0.5, 0.6) is 0 Å². The lowest BCUT2D eigenvalue weighted by Crippen LogP contribution is -2.58. The largest absolute Gasteiger partial charge is 0.388 e. The number of carbonyl (C=O) groups is 2. The molecule has 1 atom stereocenters. The Balaban J connectivity index is 1.89. The zero-order valence-electron chi connectivity index (χ0n) is 13.1. The Morgan fingerprint density at radius 2 is 2.05 bits per heavy atom. The van der Waals surface area contributed by atoms with E-state index >= 15 is 0 Å². The molecule has 1 amide bonds. The summed E-state index contributed by atoms with van der Waals surface area (Å²) in [5.74, 6) is -0.0810. The molecular formula is C16H23N3O3. The summed E-state index contributed by atoms with van der Waals surface area (Å²) >= 11 is 0. The first-order chi connectivity index (χ1) is 10.5. The van der Waals surface area contributed by atoms with Crippen molar-refractivity contribution in [2.24, 2.45) is 0 Å². The molecule has 0 radical (unpaired) electrons. The Morgan fingerprint density at radius 3 is 2.68 bits per heavy atom. The number of nitrogens with zero attached hydrogens (tertiary/aromatic N) is 1. The smallest absolute Gasteiger partial charge is 0.256 e. The topological polar surface area (TPSA) is 85.4 Å². The second-order valence-electron chi connectivity index (χ2n) is 6.41. The molecule has 2 aliphatic rings. The van der Waals surface area contributed by atoms with Crippen LogP contribution in [0.15, 0.2) is 0 Å². The molecule has 3 N–H and O–H groups in total. The van der Waals surface area contributed by atoms with Gasteiger partial charge in [-0.15, -0.1) is 0 Å². The van der Waals surface area contributed by atoms with E-state index in [0.29, 0.717) is 42.6 Å². The van der Waals surface area contributed by atoms with Crippen LogP contribution >= 0.6 is 0 Å². The van der Waals surface area contributed by atoms with Crippen LogP contribution < -0.4 is 5.32 Å². The molecule has 6 nitrogen and oxygen atoms in total. The fourth-order valence-corrected chi connectivity index (χ4v) is 3.69. The maximum atomic E-state index is 12.9. The molecule has 0 aliphatic carbocycles. The Bertz CT molecular complexity index is 602. The van der Waals surface area contributed by atoms with Crippen LogP contribution in [0.1, 0.15) is 51.9 Å². The summed E-state index contributed by atoms with van der Waals surface area (Å²) in [6, 6.07) is -0.232. The summed E-state index contributed by atoms with van der Waals surface area (Å²) in [6.07, 6.45) is 2.75. The van der Waals surface area contributed by atoms with E-state index in [4.69, 9.17) is 0 Å². The second-order valence-corrected chi connectivity index (χ2v) is 6.41. The third-order valence-electron chi connectivity index (χ3n) is 5.28. The van der Waals surface area contributed by atoms with Gasteiger partial charge in [-0.05, 0) is 45.3 Å². The van der Waals surface area contributed by atoms with Crippen molar-refractivity contribution >= 4 is 12.2 Å². The molecule has 0 aromatic carbocycles. The fourth-order valence-electron chi connectivity index (χ4n) is 3.69. The third-order valence-corrected chi connectivity index (χ3v) is 5.28. The van der Waals surface area contributed by atoms with Gasteiger partial charge in [0.25, 0.3) is 5.91 Å². The van der Waals surface area contributed by atoms with Gasteiger partial charge < -0.3 is 20.3 Å². The lowest BCUT2D eigenvalue weighted by Gasteiger charge is -2.44. The van der Waals surface area contributed by atoms with E-state index < -0.39 is 5.60 Å². The molecule has 1 unspecified atom stereocenters. The van der Waals surface area contributed by atoms with Gasteiger partial charge in [0.2, 0.25) is 0 Å². The Hall–Kier alpha value is -1.66. The molecule has 2 aliphatic heterocycles. The molecule has 3 heterocycles. The number of fused-ring (bicyclic) bond motifs is 1. The van der Waals surface area contributed by atoms with E-state index in [1.54, 1.807) is 11.8 Å². The van der Waals surface area contributed by atoms with Crippen molar-refractivity contribution < 1.29 is 14.7 Å². The van der Waals surface area contributed by atoms with Crippen molar-refractivity contribution in [3.8, 4) is 0 Å². The number of piperidine rings is 1. The number of aliphatic hydroxyl groups is 1. The highest BCUT2D eigenvalue weighted by Crippen LogP contribution is 2.31. The maximum absolute atomic E-state index is 12.9. The van der Waals surface area contributed by atoms with Gasteiger partial charge in [-0.1, -0.05) is 0 Å². The van der Waals surface area contributed by atoms with Gasteiger partial charge in [-0.2, -0.15) is 0 Å². The van der Waals surface area contributed by atoms with E-state index in [0.717, 1.165) is 25.1 Å². The minimum absolute atomic E-state index is 0.0810. The minimum atomic E-state index is -0.837. The number of aromatic amines is 1. The van der Waals surface area contributed by atoms with E-state index in [-0.39, 0.29) is 11.9 Å². The average molecular weight is 305 g/mol. The number of H-pyrrole nitrogens is 1. The summed E-state index contributed by atoms with van der Waals surface area (Å²) in [5, 5.41) is 14.1. The van der Waals surface area contributed by atoms with Gasteiger partial charge in [-0.25, -0.2) is 0 Å². The lowest BCUT2D eigenvalue weighted by atomic mass is 9.84.